The maximum absolute atomic E-state index is 14.4. The first-order valence-corrected chi connectivity index (χ1v) is 7.30. The molecule has 0 N–H and O–H groups in total. The summed E-state index contributed by atoms with van der Waals surface area (Å²) in [6.45, 7) is 2.70. The molecule has 122 valence electrons. The van der Waals surface area contributed by atoms with Crippen LogP contribution in [0.3, 0.4) is 0 Å². The van der Waals surface area contributed by atoms with E-state index in [-0.39, 0.29) is 13.1 Å². The highest BCUT2D eigenvalue weighted by Gasteiger charge is 2.32. The number of halogens is 1. The molecule has 2 aliphatic heterocycles. The molecule has 1 amide bonds. The van der Waals surface area contributed by atoms with Gasteiger partial charge in [0.2, 0.25) is 0 Å². The lowest BCUT2D eigenvalue weighted by molar-refractivity contribution is 0.122. The summed E-state index contributed by atoms with van der Waals surface area (Å²) in [6.07, 6.45) is -1.08. The van der Waals surface area contributed by atoms with Gasteiger partial charge in [0.25, 0.3) is 0 Å². The Kier molecular flexibility index (Phi) is 4.50. The molecule has 0 radical (unpaired) electrons. The van der Waals surface area contributed by atoms with Gasteiger partial charge in [0.15, 0.2) is 0 Å². The second-order valence-electron chi connectivity index (χ2n) is 5.26. The Labute approximate surface area is 132 Å². The fourth-order valence-electron chi connectivity index (χ4n) is 2.68. The molecular formula is C14H16FN5O3. The van der Waals surface area contributed by atoms with Crippen LogP contribution in [0.5, 0.6) is 0 Å². The van der Waals surface area contributed by atoms with Crippen molar-refractivity contribution in [3.63, 3.8) is 0 Å². The number of anilines is 2. The summed E-state index contributed by atoms with van der Waals surface area (Å²) in [7, 11) is 0. The number of carbonyl (C=O) groups is 1. The first-order valence-electron chi connectivity index (χ1n) is 7.30. The van der Waals surface area contributed by atoms with E-state index in [9.17, 15) is 9.18 Å². The second-order valence-corrected chi connectivity index (χ2v) is 5.26. The molecule has 1 aromatic carbocycles. The third-order valence-electron chi connectivity index (χ3n) is 3.82. The number of ether oxygens (including phenoxy) is 2. The van der Waals surface area contributed by atoms with Crippen molar-refractivity contribution in [3.05, 3.63) is 34.5 Å². The van der Waals surface area contributed by atoms with E-state index in [0.29, 0.717) is 37.7 Å². The highest BCUT2D eigenvalue weighted by Crippen LogP contribution is 2.28. The van der Waals surface area contributed by atoms with Crippen molar-refractivity contribution < 1.29 is 18.7 Å². The zero-order valence-corrected chi connectivity index (χ0v) is 12.4. The van der Waals surface area contributed by atoms with Gasteiger partial charge in [-0.05, 0) is 23.7 Å². The number of azide groups is 1. The van der Waals surface area contributed by atoms with Crippen LogP contribution in [0, 0.1) is 5.82 Å². The topological polar surface area (TPSA) is 90.8 Å². The van der Waals surface area contributed by atoms with E-state index in [1.807, 2.05) is 4.90 Å². The predicted octanol–water partition coefficient (Wildman–Crippen LogP) is 2.30. The Morgan fingerprint density at radius 1 is 1.39 bits per heavy atom. The third-order valence-corrected chi connectivity index (χ3v) is 3.82. The smallest absolute Gasteiger partial charge is 0.414 e. The summed E-state index contributed by atoms with van der Waals surface area (Å²) in [5.74, 6) is -0.393. The van der Waals surface area contributed by atoms with Gasteiger partial charge in [0, 0.05) is 18.0 Å². The fraction of sp³-hybridized carbons (Fsp3) is 0.500. The second kappa shape index (κ2) is 6.72. The number of hydrogen-bond acceptors (Lipinski definition) is 5. The van der Waals surface area contributed by atoms with E-state index >= 15 is 0 Å². The standard InChI is InChI=1S/C14H16FN5O3/c15-12-7-10(1-2-13(12)19-3-5-22-6-4-19)20-9-11(8-17-18-16)23-14(20)21/h1-2,7,11H,3-6,8-9H2/t11-/m0/s1. The van der Waals surface area contributed by atoms with E-state index < -0.39 is 18.0 Å². The van der Waals surface area contributed by atoms with Crippen molar-refractivity contribution in [1.82, 2.24) is 0 Å². The van der Waals surface area contributed by atoms with Gasteiger partial charge in [-0.2, -0.15) is 0 Å². The van der Waals surface area contributed by atoms with Crippen LogP contribution in [0.15, 0.2) is 23.3 Å². The van der Waals surface area contributed by atoms with Crippen molar-refractivity contribution >= 4 is 17.5 Å². The van der Waals surface area contributed by atoms with E-state index in [0.717, 1.165) is 0 Å². The van der Waals surface area contributed by atoms with Crippen molar-refractivity contribution in [3.8, 4) is 0 Å². The van der Waals surface area contributed by atoms with E-state index in [1.165, 1.54) is 11.0 Å². The van der Waals surface area contributed by atoms with Crippen molar-refractivity contribution in [1.29, 1.82) is 0 Å². The first-order chi connectivity index (χ1) is 11.2. The summed E-state index contributed by atoms with van der Waals surface area (Å²) in [5.41, 5.74) is 9.23. The monoisotopic (exact) mass is 321 g/mol. The van der Waals surface area contributed by atoms with Crippen LogP contribution in [0.4, 0.5) is 20.6 Å². The molecular weight excluding hydrogens is 305 g/mol. The Hall–Kier alpha value is -2.51. The molecule has 0 aromatic heterocycles. The number of hydrogen-bond donors (Lipinski definition) is 0. The van der Waals surface area contributed by atoms with Gasteiger partial charge in [-0.3, -0.25) is 4.90 Å². The molecule has 23 heavy (non-hydrogen) atoms. The normalized spacial score (nSPS) is 21.1. The van der Waals surface area contributed by atoms with Crippen molar-refractivity contribution in [2.45, 2.75) is 6.10 Å². The van der Waals surface area contributed by atoms with E-state index in [4.69, 9.17) is 15.0 Å². The average molecular weight is 321 g/mol. The lowest BCUT2D eigenvalue weighted by Gasteiger charge is -2.29. The Morgan fingerprint density at radius 2 is 2.17 bits per heavy atom. The average Bonchev–Trinajstić information content (AvgIpc) is 2.94. The van der Waals surface area contributed by atoms with E-state index in [1.54, 1.807) is 12.1 Å². The molecule has 0 bridgehead atoms. The summed E-state index contributed by atoms with van der Waals surface area (Å²) >= 11 is 0. The molecule has 2 heterocycles. The van der Waals surface area contributed by atoms with Gasteiger partial charge in [-0.25, -0.2) is 9.18 Å². The minimum absolute atomic E-state index is 0.0626. The van der Waals surface area contributed by atoms with Gasteiger partial charge >= 0.3 is 6.09 Å². The minimum atomic E-state index is -0.568. The zero-order valence-electron chi connectivity index (χ0n) is 12.4. The van der Waals surface area contributed by atoms with Gasteiger partial charge in [0.1, 0.15) is 11.9 Å². The summed E-state index contributed by atoms with van der Waals surface area (Å²) in [4.78, 5) is 17.8. The maximum atomic E-state index is 14.4. The molecule has 2 fully saturated rings. The molecule has 0 unspecified atom stereocenters. The fourth-order valence-corrected chi connectivity index (χ4v) is 2.68. The number of benzene rings is 1. The lowest BCUT2D eigenvalue weighted by Crippen LogP contribution is -2.36. The van der Waals surface area contributed by atoms with Gasteiger partial charge in [-0.1, -0.05) is 5.11 Å². The highest BCUT2D eigenvalue weighted by molar-refractivity contribution is 5.90. The van der Waals surface area contributed by atoms with Crippen LogP contribution in [0.2, 0.25) is 0 Å². The van der Waals surface area contributed by atoms with Gasteiger partial charge < -0.3 is 14.4 Å². The van der Waals surface area contributed by atoms with Gasteiger partial charge in [-0.15, -0.1) is 0 Å². The first kappa shape index (κ1) is 15.4. The maximum Gasteiger partial charge on any atom is 0.414 e. The number of cyclic esters (lactones) is 1. The number of morpholine rings is 1. The Morgan fingerprint density at radius 3 is 2.87 bits per heavy atom. The Balaban J connectivity index is 1.74. The molecule has 0 saturated carbocycles. The largest absolute Gasteiger partial charge is 0.444 e. The molecule has 8 nitrogen and oxygen atoms in total. The van der Waals surface area contributed by atoms with Crippen LogP contribution in [-0.4, -0.2) is 51.6 Å². The molecule has 0 spiro atoms. The third kappa shape index (κ3) is 3.30. The van der Waals surface area contributed by atoms with Crippen molar-refractivity contribution in [2.24, 2.45) is 5.11 Å². The van der Waals surface area contributed by atoms with Crippen LogP contribution in [0.25, 0.3) is 10.4 Å². The van der Waals surface area contributed by atoms with Gasteiger partial charge in [0.05, 0.1) is 37.7 Å². The number of amides is 1. The summed E-state index contributed by atoms with van der Waals surface area (Å²) in [6, 6.07) is 4.66. The summed E-state index contributed by atoms with van der Waals surface area (Å²) < 4.78 is 24.7. The number of rotatable bonds is 4. The number of nitrogens with zero attached hydrogens (tertiary/aromatic N) is 5. The number of carbonyl (C=O) groups excluding carboxylic acids is 1. The van der Waals surface area contributed by atoms with Crippen LogP contribution < -0.4 is 9.80 Å². The molecule has 2 saturated heterocycles. The van der Waals surface area contributed by atoms with Crippen LogP contribution >= 0.6 is 0 Å². The quantitative estimate of drug-likeness (QED) is 0.483. The highest BCUT2D eigenvalue weighted by atomic mass is 19.1. The van der Waals surface area contributed by atoms with Crippen LogP contribution in [-0.2, 0) is 9.47 Å². The molecule has 2 aliphatic rings. The molecule has 9 heteroatoms. The van der Waals surface area contributed by atoms with Crippen LogP contribution in [0.1, 0.15) is 0 Å². The molecule has 3 rings (SSSR count). The summed E-state index contributed by atoms with van der Waals surface area (Å²) in [5, 5.41) is 3.39. The predicted molar refractivity (Wildman–Crippen MR) is 81.1 cm³/mol. The van der Waals surface area contributed by atoms with E-state index in [2.05, 4.69) is 10.0 Å². The molecule has 1 aromatic rings. The molecule has 1 atom stereocenters. The zero-order chi connectivity index (χ0) is 16.2. The van der Waals surface area contributed by atoms with Crippen molar-refractivity contribution in [2.75, 3.05) is 49.2 Å². The Bertz CT molecular complexity index is 643. The lowest BCUT2D eigenvalue weighted by atomic mass is 10.2. The molecule has 0 aliphatic carbocycles. The minimum Gasteiger partial charge on any atom is -0.444 e. The SMILES string of the molecule is [N-]=[N+]=NC[C@H]1CN(c2ccc(N3CCOCC3)c(F)c2)C(=O)O1.